The Kier molecular flexibility index (Phi) is 4.89. The van der Waals surface area contributed by atoms with Gasteiger partial charge in [0, 0.05) is 11.3 Å². The van der Waals surface area contributed by atoms with Crippen LogP contribution in [0.2, 0.25) is 0 Å². The summed E-state index contributed by atoms with van der Waals surface area (Å²) in [5, 5.41) is 12.4. The average molecular weight is 367 g/mol. The van der Waals surface area contributed by atoms with Gasteiger partial charge in [-0.1, -0.05) is 29.8 Å². The van der Waals surface area contributed by atoms with Crippen LogP contribution in [0.15, 0.2) is 24.3 Å². The molecule has 0 bridgehead atoms. The number of ketones is 1. The lowest BCUT2D eigenvalue weighted by Crippen LogP contribution is -2.20. The molecule has 0 aliphatic rings. The first-order valence-corrected chi connectivity index (χ1v) is 8.51. The van der Waals surface area contributed by atoms with Gasteiger partial charge in [-0.15, -0.1) is 10.2 Å². The normalized spacial score (nSPS) is 12.0. The van der Waals surface area contributed by atoms with Crippen molar-refractivity contribution in [3.8, 4) is 11.4 Å². The summed E-state index contributed by atoms with van der Waals surface area (Å²) in [5.41, 5.74) is 3.81. The molecule has 0 aliphatic carbocycles. The molecule has 0 saturated carbocycles. The third-order valence-electron chi connectivity index (χ3n) is 4.54. The van der Waals surface area contributed by atoms with Crippen LogP contribution in [0, 0.1) is 20.8 Å². The molecule has 27 heavy (non-hydrogen) atoms. The SMILES string of the molecule is COC(=O)c1c(C)[nH]c(C(=O)C(C)n2nnc(-c3ccc(C)cc3)n2)c1C. The first kappa shape index (κ1) is 18.5. The van der Waals surface area contributed by atoms with Gasteiger partial charge < -0.3 is 9.72 Å². The highest BCUT2D eigenvalue weighted by Gasteiger charge is 2.27. The maximum Gasteiger partial charge on any atom is 0.339 e. The maximum absolute atomic E-state index is 12.9. The molecule has 2 aromatic heterocycles. The Balaban J connectivity index is 1.88. The summed E-state index contributed by atoms with van der Waals surface area (Å²) < 4.78 is 4.79. The molecular weight excluding hydrogens is 346 g/mol. The monoisotopic (exact) mass is 367 g/mol. The molecule has 1 unspecified atom stereocenters. The number of Topliss-reactive ketones (excluding diaryl/α,β-unsaturated/α-hetero) is 1. The van der Waals surface area contributed by atoms with Gasteiger partial charge in [0.25, 0.3) is 0 Å². The summed E-state index contributed by atoms with van der Waals surface area (Å²) in [6.07, 6.45) is 0. The van der Waals surface area contributed by atoms with Crippen LogP contribution < -0.4 is 0 Å². The fraction of sp³-hybridized carbons (Fsp3) is 0.316. The van der Waals surface area contributed by atoms with Crippen molar-refractivity contribution < 1.29 is 14.3 Å². The number of carbonyl (C=O) groups excluding carboxylic acids is 2. The molecule has 0 aliphatic heterocycles. The van der Waals surface area contributed by atoms with E-state index >= 15 is 0 Å². The topological polar surface area (TPSA) is 103 Å². The van der Waals surface area contributed by atoms with E-state index in [0.29, 0.717) is 28.3 Å². The molecule has 1 aromatic carbocycles. The molecule has 1 atom stereocenters. The molecule has 140 valence electrons. The van der Waals surface area contributed by atoms with Crippen molar-refractivity contribution in [2.45, 2.75) is 33.7 Å². The average Bonchev–Trinajstić information content (AvgIpc) is 3.25. The number of aromatic amines is 1. The van der Waals surface area contributed by atoms with Crippen LogP contribution in [0.5, 0.6) is 0 Å². The molecule has 3 rings (SSSR count). The van der Waals surface area contributed by atoms with Crippen molar-refractivity contribution in [3.63, 3.8) is 0 Å². The first-order valence-electron chi connectivity index (χ1n) is 8.51. The highest BCUT2D eigenvalue weighted by Crippen LogP contribution is 2.23. The van der Waals surface area contributed by atoms with E-state index < -0.39 is 12.0 Å². The molecule has 2 heterocycles. The van der Waals surface area contributed by atoms with Crippen molar-refractivity contribution in [3.05, 3.63) is 52.3 Å². The van der Waals surface area contributed by atoms with Crippen LogP contribution >= 0.6 is 0 Å². The number of carbonyl (C=O) groups is 2. The third kappa shape index (κ3) is 3.38. The highest BCUT2D eigenvalue weighted by atomic mass is 16.5. The van der Waals surface area contributed by atoms with E-state index in [0.717, 1.165) is 11.1 Å². The van der Waals surface area contributed by atoms with Crippen molar-refractivity contribution in [2.24, 2.45) is 0 Å². The number of tetrazole rings is 1. The second-order valence-corrected chi connectivity index (χ2v) is 6.46. The van der Waals surface area contributed by atoms with Gasteiger partial charge in [0.15, 0.2) is 0 Å². The van der Waals surface area contributed by atoms with Crippen molar-refractivity contribution in [1.82, 2.24) is 25.2 Å². The predicted molar refractivity (Wildman–Crippen MR) is 98.6 cm³/mol. The summed E-state index contributed by atoms with van der Waals surface area (Å²) in [7, 11) is 1.31. The van der Waals surface area contributed by atoms with Gasteiger partial charge in [-0.05, 0) is 38.5 Å². The lowest BCUT2D eigenvalue weighted by Gasteiger charge is -2.08. The number of benzene rings is 1. The number of H-pyrrole nitrogens is 1. The van der Waals surface area contributed by atoms with Crippen LogP contribution in [0.25, 0.3) is 11.4 Å². The second kappa shape index (κ2) is 7.14. The van der Waals surface area contributed by atoms with Gasteiger partial charge in [0.1, 0.15) is 6.04 Å². The number of aromatic nitrogens is 5. The fourth-order valence-corrected chi connectivity index (χ4v) is 2.93. The first-order chi connectivity index (χ1) is 12.8. The highest BCUT2D eigenvalue weighted by molar-refractivity contribution is 6.03. The molecule has 3 aromatic rings. The summed E-state index contributed by atoms with van der Waals surface area (Å²) in [5.74, 6) is -0.267. The number of aryl methyl sites for hydroxylation is 2. The van der Waals surface area contributed by atoms with E-state index in [4.69, 9.17) is 4.74 Å². The van der Waals surface area contributed by atoms with E-state index in [2.05, 4.69) is 20.4 Å². The number of rotatable bonds is 5. The minimum absolute atomic E-state index is 0.237. The van der Waals surface area contributed by atoms with E-state index in [1.54, 1.807) is 20.8 Å². The molecule has 0 spiro atoms. The number of hydrogen-bond acceptors (Lipinski definition) is 6. The standard InChI is InChI=1S/C19H21N5O3/c1-10-6-8-14(9-7-10)18-21-23-24(22-18)13(4)17(25)16-11(2)15(12(3)20-16)19(26)27-5/h6-9,13,20H,1-5H3. The summed E-state index contributed by atoms with van der Waals surface area (Å²) in [6, 6.07) is 7.06. The number of nitrogens with one attached hydrogen (secondary N) is 1. The van der Waals surface area contributed by atoms with Crippen LogP contribution in [-0.2, 0) is 4.74 Å². The smallest absolute Gasteiger partial charge is 0.339 e. The number of esters is 1. The van der Waals surface area contributed by atoms with Gasteiger partial charge in [-0.2, -0.15) is 4.80 Å². The van der Waals surface area contributed by atoms with Gasteiger partial charge in [0.05, 0.1) is 18.4 Å². The fourth-order valence-electron chi connectivity index (χ4n) is 2.93. The molecule has 1 N–H and O–H groups in total. The van der Waals surface area contributed by atoms with E-state index in [1.807, 2.05) is 31.2 Å². The van der Waals surface area contributed by atoms with Crippen LogP contribution in [0.1, 0.15) is 50.6 Å². The Hall–Kier alpha value is -3.29. The Bertz CT molecular complexity index is 1000. The van der Waals surface area contributed by atoms with Gasteiger partial charge in [0.2, 0.25) is 11.6 Å². The van der Waals surface area contributed by atoms with Gasteiger partial charge in [-0.3, -0.25) is 4.79 Å². The number of nitrogens with zero attached hydrogens (tertiary/aromatic N) is 4. The van der Waals surface area contributed by atoms with Crippen molar-refractivity contribution in [2.75, 3.05) is 7.11 Å². The van der Waals surface area contributed by atoms with Gasteiger partial charge in [-0.25, -0.2) is 4.79 Å². The zero-order chi connectivity index (χ0) is 19.7. The lowest BCUT2D eigenvalue weighted by atomic mass is 10.1. The zero-order valence-corrected chi connectivity index (χ0v) is 15.9. The molecule has 0 radical (unpaired) electrons. The number of hydrogen-bond donors (Lipinski definition) is 1. The van der Waals surface area contributed by atoms with Crippen LogP contribution in [0.4, 0.5) is 0 Å². The maximum atomic E-state index is 12.9. The lowest BCUT2D eigenvalue weighted by molar-refractivity contribution is 0.0599. The van der Waals surface area contributed by atoms with E-state index in [1.165, 1.54) is 11.9 Å². The van der Waals surface area contributed by atoms with Crippen LogP contribution in [0.3, 0.4) is 0 Å². The largest absolute Gasteiger partial charge is 0.465 e. The van der Waals surface area contributed by atoms with Crippen LogP contribution in [-0.4, -0.2) is 44.1 Å². The molecule has 8 nitrogen and oxygen atoms in total. The number of methoxy groups -OCH3 is 1. The minimum atomic E-state index is -0.682. The van der Waals surface area contributed by atoms with Crippen molar-refractivity contribution >= 4 is 11.8 Å². The summed E-state index contributed by atoms with van der Waals surface area (Å²) in [6.45, 7) is 7.13. The zero-order valence-electron chi connectivity index (χ0n) is 15.9. The van der Waals surface area contributed by atoms with Crippen molar-refractivity contribution in [1.29, 1.82) is 0 Å². The predicted octanol–water partition coefficient (Wildman–Crippen LogP) is 2.82. The van der Waals surface area contributed by atoms with E-state index in [-0.39, 0.29) is 5.78 Å². The summed E-state index contributed by atoms with van der Waals surface area (Å²) in [4.78, 5) is 29.1. The third-order valence-corrected chi connectivity index (χ3v) is 4.54. The Morgan fingerprint density at radius 1 is 1.15 bits per heavy atom. The number of ether oxygens (including phenoxy) is 1. The summed E-state index contributed by atoms with van der Waals surface area (Å²) >= 11 is 0. The van der Waals surface area contributed by atoms with Gasteiger partial charge >= 0.3 is 5.97 Å². The Labute approximate surface area is 156 Å². The minimum Gasteiger partial charge on any atom is -0.465 e. The van der Waals surface area contributed by atoms with E-state index in [9.17, 15) is 9.59 Å². The quantitative estimate of drug-likeness (QED) is 0.549. The molecule has 0 amide bonds. The molecule has 0 fully saturated rings. The Morgan fingerprint density at radius 2 is 1.81 bits per heavy atom. The molecule has 8 heteroatoms. The Morgan fingerprint density at radius 3 is 2.44 bits per heavy atom. The molecular formula is C19H21N5O3. The molecule has 0 saturated heterocycles. The second-order valence-electron chi connectivity index (χ2n) is 6.46.